The Bertz CT molecular complexity index is 642. The van der Waals surface area contributed by atoms with E-state index >= 15 is 0 Å². The SMILES string of the molecule is O=C(CN1CCCC1c1ccc(F)cc1)NCc1ccccc1. The molecule has 1 amide bonds. The minimum atomic E-state index is -0.223. The highest BCUT2D eigenvalue weighted by atomic mass is 19.1. The quantitative estimate of drug-likeness (QED) is 0.919. The molecule has 1 fully saturated rings. The van der Waals surface area contributed by atoms with Crippen molar-refractivity contribution in [3.05, 3.63) is 71.5 Å². The molecular formula is C19H21FN2O. The van der Waals surface area contributed by atoms with E-state index in [9.17, 15) is 9.18 Å². The van der Waals surface area contributed by atoms with E-state index in [1.54, 1.807) is 0 Å². The van der Waals surface area contributed by atoms with Gasteiger partial charge >= 0.3 is 0 Å². The van der Waals surface area contributed by atoms with Gasteiger partial charge in [0.05, 0.1) is 6.54 Å². The topological polar surface area (TPSA) is 32.3 Å². The zero-order chi connectivity index (χ0) is 16.1. The first-order valence-corrected chi connectivity index (χ1v) is 8.02. The van der Waals surface area contributed by atoms with Crippen molar-refractivity contribution in [1.29, 1.82) is 0 Å². The summed E-state index contributed by atoms with van der Waals surface area (Å²) in [4.78, 5) is 14.4. The Labute approximate surface area is 136 Å². The van der Waals surface area contributed by atoms with E-state index in [1.807, 2.05) is 42.5 Å². The number of benzene rings is 2. The van der Waals surface area contributed by atoms with Crippen LogP contribution in [0.1, 0.15) is 30.0 Å². The molecular weight excluding hydrogens is 291 g/mol. The molecule has 1 aliphatic rings. The number of hydrogen-bond donors (Lipinski definition) is 1. The molecule has 0 saturated carbocycles. The molecule has 23 heavy (non-hydrogen) atoms. The first kappa shape index (κ1) is 15.7. The van der Waals surface area contributed by atoms with Crippen LogP contribution in [-0.4, -0.2) is 23.9 Å². The summed E-state index contributed by atoms with van der Waals surface area (Å²) < 4.78 is 13.1. The molecule has 1 N–H and O–H groups in total. The maximum Gasteiger partial charge on any atom is 0.234 e. The Morgan fingerprint density at radius 2 is 1.87 bits per heavy atom. The molecule has 1 aliphatic heterocycles. The first-order valence-electron chi connectivity index (χ1n) is 8.02. The summed E-state index contributed by atoms with van der Waals surface area (Å²) in [5.41, 5.74) is 2.18. The van der Waals surface area contributed by atoms with Crippen molar-refractivity contribution in [2.45, 2.75) is 25.4 Å². The fourth-order valence-corrected chi connectivity index (χ4v) is 3.11. The van der Waals surface area contributed by atoms with Gasteiger partial charge in [-0.25, -0.2) is 4.39 Å². The summed E-state index contributed by atoms with van der Waals surface area (Å²) >= 11 is 0. The third kappa shape index (κ3) is 4.17. The van der Waals surface area contributed by atoms with Crippen LogP contribution in [0.25, 0.3) is 0 Å². The number of amides is 1. The van der Waals surface area contributed by atoms with Crippen molar-refractivity contribution in [2.75, 3.05) is 13.1 Å². The smallest absolute Gasteiger partial charge is 0.234 e. The average molecular weight is 312 g/mol. The van der Waals surface area contributed by atoms with Crippen molar-refractivity contribution >= 4 is 5.91 Å². The van der Waals surface area contributed by atoms with Gasteiger partial charge in [0.25, 0.3) is 0 Å². The molecule has 4 heteroatoms. The lowest BCUT2D eigenvalue weighted by molar-refractivity contribution is -0.122. The van der Waals surface area contributed by atoms with E-state index in [2.05, 4.69) is 10.2 Å². The Morgan fingerprint density at radius 3 is 2.61 bits per heavy atom. The molecule has 0 bridgehead atoms. The highest BCUT2D eigenvalue weighted by molar-refractivity contribution is 5.78. The number of halogens is 1. The molecule has 3 rings (SSSR count). The van der Waals surface area contributed by atoms with Crippen molar-refractivity contribution in [1.82, 2.24) is 10.2 Å². The summed E-state index contributed by atoms with van der Waals surface area (Å²) in [5.74, 6) is -0.193. The minimum absolute atomic E-state index is 0.0304. The average Bonchev–Trinajstić information content (AvgIpc) is 3.03. The van der Waals surface area contributed by atoms with E-state index in [-0.39, 0.29) is 17.8 Å². The van der Waals surface area contributed by atoms with E-state index in [1.165, 1.54) is 12.1 Å². The number of carbonyl (C=O) groups excluding carboxylic acids is 1. The van der Waals surface area contributed by atoms with Crippen molar-refractivity contribution in [3.63, 3.8) is 0 Å². The Balaban J connectivity index is 1.55. The maximum absolute atomic E-state index is 13.1. The predicted molar refractivity (Wildman–Crippen MR) is 88.2 cm³/mol. The number of nitrogens with one attached hydrogen (secondary N) is 1. The Kier molecular flexibility index (Phi) is 5.03. The summed E-state index contributed by atoms with van der Waals surface area (Å²) in [7, 11) is 0. The molecule has 1 heterocycles. The monoisotopic (exact) mass is 312 g/mol. The van der Waals surface area contributed by atoms with Crippen LogP contribution >= 0.6 is 0 Å². The van der Waals surface area contributed by atoms with E-state index in [0.29, 0.717) is 13.1 Å². The van der Waals surface area contributed by atoms with Gasteiger partial charge in [0.1, 0.15) is 5.82 Å². The van der Waals surface area contributed by atoms with E-state index in [4.69, 9.17) is 0 Å². The first-order chi connectivity index (χ1) is 11.2. The van der Waals surface area contributed by atoms with Gasteiger partial charge in [0.2, 0.25) is 5.91 Å². The van der Waals surface area contributed by atoms with Gasteiger partial charge in [-0.3, -0.25) is 9.69 Å². The third-order valence-corrected chi connectivity index (χ3v) is 4.30. The van der Waals surface area contributed by atoms with E-state index < -0.39 is 0 Å². The zero-order valence-electron chi connectivity index (χ0n) is 13.0. The fraction of sp³-hybridized carbons (Fsp3) is 0.316. The lowest BCUT2D eigenvalue weighted by Gasteiger charge is -2.24. The van der Waals surface area contributed by atoms with Gasteiger partial charge in [-0.2, -0.15) is 0 Å². The molecule has 120 valence electrons. The van der Waals surface area contributed by atoms with Gasteiger partial charge in [-0.1, -0.05) is 42.5 Å². The summed E-state index contributed by atoms with van der Waals surface area (Å²) in [5, 5.41) is 2.97. The second-order valence-electron chi connectivity index (χ2n) is 5.94. The van der Waals surface area contributed by atoms with Gasteiger partial charge in [-0.05, 0) is 42.6 Å². The van der Waals surface area contributed by atoms with Gasteiger partial charge in [-0.15, -0.1) is 0 Å². The van der Waals surface area contributed by atoms with Crippen LogP contribution in [0.15, 0.2) is 54.6 Å². The van der Waals surface area contributed by atoms with Crippen LogP contribution in [0.2, 0.25) is 0 Å². The maximum atomic E-state index is 13.1. The molecule has 1 saturated heterocycles. The zero-order valence-corrected chi connectivity index (χ0v) is 13.0. The van der Waals surface area contributed by atoms with Gasteiger partial charge in [0, 0.05) is 12.6 Å². The highest BCUT2D eigenvalue weighted by Gasteiger charge is 2.27. The summed E-state index contributed by atoms with van der Waals surface area (Å²) in [6.07, 6.45) is 2.08. The Morgan fingerprint density at radius 1 is 1.13 bits per heavy atom. The minimum Gasteiger partial charge on any atom is -0.351 e. The van der Waals surface area contributed by atoms with Crippen LogP contribution in [0.4, 0.5) is 4.39 Å². The number of rotatable bonds is 5. The van der Waals surface area contributed by atoms with E-state index in [0.717, 1.165) is 30.5 Å². The fourth-order valence-electron chi connectivity index (χ4n) is 3.11. The Hall–Kier alpha value is -2.20. The lowest BCUT2D eigenvalue weighted by Crippen LogP contribution is -2.36. The number of nitrogens with zero attached hydrogens (tertiary/aromatic N) is 1. The van der Waals surface area contributed by atoms with Gasteiger partial charge < -0.3 is 5.32 Å². The molecule has 0 spiro atoms. The largest absolute Gasteiger partial charge is 0.351 e. The molecule has 0 aliphatic carbocycles. The number of hydrogen-bond acceptors (Lipinski definition) is 2. The molecule has 1 atom stereocenters. The lowest BCUT2D eigenvalue weighted by atomic mass is 10.0. The van der Waals surface area contributed by atoms with Gasteiger partial charge in [0.15, 0.2) is 0 Å². The second-order valence-corrected chi connectivity index (χ2v) is 5.94. The number of carbonyl (C=O) groups is 1. The van der Waals surface area contributed by atoms with Crippen molar-refractivity contribution in [3.8, 4) is 0 Å². The van der Waals surface area contributed by atoms with Crippen LogP contribution in [0, 0.1) is 5.82 Å². The van der Waals surface area contributed by atoms with Crippen molar-refractivity contribution in [2.24, 2.45) is 0 Å². The highest BCUT2D eigenvalue weighted by Crippen LogP contribution is 2.31. The van der Waals surface area contributed by atoms with Crippen molar-refractivity contribution < 1.29 is 9.18 Å². The van der Waals surface area contributed by atoms with Crippen LogP contribution in [0.3, 0.4) is 0 Å². The normalized spacial score (nSPS) is 18.0. The van der Waals surface area contributed by atoms with Crippen LogP contribution in [-0.2, 0) is 11.3 Å². The molecule has 3 nitrogen and oxygen atoms in total. The van der Waals surface area contributed by atoms with Crippen LogP contribution < -0.4 is 5.32 Å². The summed E-state index contributed by atoms with van der Waals surface area (Å²) in [6.45, 7) is 1.84. The molecule has 2 aromatic carbocycles. The standard InChI is InChI=1S/C19H21FN2O/c20-17-10-8-16(9-11-17)18-7-4-12-22(18)14-19(23)21-13-15-5-2-1-3-6-15/h1-3,5-6,8-11,18H,4,7,12-14H2,(H,21,23). The third-order valence-electron chi connectivity index (χ3n) is 4.30. The summed E-state index contributed by atoms with van der Waals surface area (Å²) in [6, 6.07) is 16.7. The number of likely N-dealkylation sites (tertiary alicyclic amines) is 1. The molecule has 2 aromatic rings. The molecule has 0 aromatic heterocycles. The second kappa shape index (κ2) is 7.38. The molecule has 0 radical (unpaired) electrons. The van der Waals surface area contributed by atoms with Crippen LogP contribution in [0.5, 0.6) is 0 Å². The molecule has 1 unspecified atom stereocenters. The predicted octanol–water partition coefficient (Wildman–Crippen LogP) is 3.28.